The Kier molecular flexibility index (Phi) is 2.53. The predicted octanol–water partition coefficient (Wildman–Crippen LogP) is 2.81. The average molecular weight is 287 g/mol. The molecular weight excluding hydrogens is 277 g/mol. The molecule has 0 saturated carbocycles. The second-order valence-corrected chi connectivity index (χ2v) is 4.45. The van der Waals surface area contributed by atoms with Crippen molar-refractivity contribution in [1.29, 1.82) is 0 Å². The van der Waals surface area contributed by atoms with Gasteiger partial charge < -0.3 is 5.21 Å². The first-order valence-electron chi connectivity index (χ1n) is 4.31. The van der Waals surface area contributed by atoms with Crippen molar-refractivity contribution in [2.75, 3.05) is 0 Å². The van der Waals surface area contributed by atoms with Gasteiger partial charge in [-0.05, 0) is 59.5 Å². The second-order valence-electron chi connectivity index (χ2n) is 3.20. The van der Waals surface area contributed by atoms with Gasteiger partial charge in [-0.15, -0.1) is 0 Å². The number of rotatable bonds is 0. The molecule has 0 fully saturated rings. The Morgan fingerprint density at radius 1 is 1.31 bits per heavy atom. The van der Waals surface area contributed by atoms with E-state index in [2.05, 4.69) is 39.9 Å². The fourth-order valence-corrected chi connectivity index (χ4v) is 2.29. The molecule has 1 aliphatic carbocycles. The molecule has 1 aromatic rings. The Balaban J connectivity index is 2.52. The Bertz CT molecular complexity index is 360. The fourth-order valence-electron chi connectivity index (χ4n) is 1.74. The molecule has 0 aliphatic heterocycles. The van der Waals surface area contributed by atoms with Gasteiger partial charge in [0.25, 0.3) is 0 Å². The summed E-state index contributed by atoms with van der Waals surface area (Å²) in [5.41, 5.74) is 3.26. The molecule has 0 heterocycles. The van der Waals surface area contributed by atoms with Gasteiger partial charge in [-0.2, -0.15) is 0 Å². The predicted molar refractivity (Wildman–Crippen MR) is 60.4 cm³/mol. The van der Waals surface area contributed by atoms with Gasteiger partial charge in [0.05, 0.1) is 5.71 Å². The van der Waals surface area contributed by atoms with E-state index in [0.29, 0.717) is 0 Å². The van der Waals surface area contributed by atoms with Crippen LogP contribution in [0.15, 0.2) is 23.4 Å². The lowest BCUT2D eigenvalue weighted by Crippen LogP contribution is -2.11. The first-order chi connectivity index (χ1) is 6.31. The monoisotopic (exact) mass is 287 g/mol. The third-order valence-corrected chi connectivity index (χ3v) is 3.03. The Hall–Kier alpha value is -0.580. The quantitative estimate of drug-likeness (QED) is 0.444. The average Bonchev–Trinajstić information content (AvgIpc) is 2.16. The molecule has 1 N–H and O–H groups in total. The molecular formula is C10H10INO. The molecule has 2 rings (SSSR count). The molecule has 0 aromatic heterocycles. The zero-order valence-corrected chi connectivity index (χ0v) is 9.28. The number of nitrogens with zero attached hydrogens (tertiary/aromatic N) is 1. The van der Waals surface area contributed by atoms with Crippen molar-refractivity contribution in [3.63, 3.8) is 0 Å². The summed E-state index contributed by atoms with van der Waals surface area (Å²) in [6.07, 6.45) is 3.09. The Morgan fingerprint density at radius 2 is 2.15 bits per heavy atom. The third-order valence-electron chi connectivity index (χ3n) is 2.36. The molecule has 0 amide bonds. The minimum atomic E-state index is 0.831. The van der Waals surface area contributed by atoms with Crippen LogP contribution in [0.2, 0.25) is 0 Å². The van der Waals surface area contributed by atoms with Crippen molar-refractivity contribution < 1.29 is 5.21 Å². The van der Waals surface area contributed by atoms with Gasteiger partial charge in [-0.3, -0.25) is 0 Å². The van der Waals surface area contributed by atoms with E-state index in [9.17, 15) is 0 Å². The van der Waals surface area contributed by atoms with Crippen LogP contribution in [0.4, 0.5) is 0 Å². The third kappa shape index (κ3) is 1.70. The van der Waals surface area contributed by atoms with E-state index in [1.165, 1.54) is 9.13 Å². The summed E-state index contributed by atoms with van der Waals surface area (Å²) in [6, 6.07) is 6.27. The molecule has 1 aliphatic rings. The van der Waals surface area contributed by atoms with Gasteiger partial charge in [-0.25, -0.2) is 0 Å². The van der Waals surface area contributed by atoms with E-state index >= 15 is 0 Å². The molecule has 0 bridgehead atoms. The van der Waals surface area contributed by atoms with E-state index in [1.807, 2.05) is 6.07 Å². The number of aryl methyl sites for hydroxylation is 1. The molecule has 0 spiro atoms. The van der Waals surface area contributed by atoms with Crippen LogP contribution in [0.25, 0.3) is 0 Å². The number of fused-ring (bicyclic) bond motifs is 1. The van der Waals surface area contributed by atoms with Crippen LogP contribution in [0.3, 0.4) is 0 Å². The first-order valence-corrected chi connectivity index (χ1v) is 5.39. The zero-order chi connectivity index (χ0) is 9.26. The zero-order valence-electron chi connectivity index (χ0n) is 7.13. The molecule has 2 nitrogen and oxygen atoms in total. The minimum absolute atomic E-state index is 0.831. The number of oxime groups is 1. The lowest BCUT2D eigenvalue weighted by Gasteiger charge is -2.16. The van der Waals surface area contributed by atoms with Crippen LogP contribution in [0, 0.1) is 3.57 Å². The molecule has 1 aromatic carbocycles. The molecule has 13 heavy (non-hydrogen) atoms. The van der Waals surface area contributed by atoms with Gasteiger partial charge in [0, 0.05) is 9.13 Å². The maximum absolute atomic E-state index is 8.79. The van der Waals surface area contributed by atoms with E-state index in [0.717, 1.165) is 30.5 Å². The molecule has 68 valence electrons. The normalized spacial score (nSPS) is 18.7. The van der Waals surface area contributed by atoms with Crippen LogP contribution in [0.1, 0.15) is 24.0 Å². The molecule has 3 heteroatoms. The highest BCUT2D eigenvalue weighted by Gasteiger charge is 2.15. The van der Waals surface area contributed by atoms with Crippen LogP contribution in [-0.4, -0.2) is 10.9 Å². The second kappa shape index (κ2) is 3.65. The van der Waals surface area contributed by atoms with Gasteiger partial charge in [0.1, 0.15) is 0 Å². The van der Waals surface area contributed by atoms with Crippen molar-refractivity contribution in [3.8, 4) is 0 Å². The summed E-state index contributed by atoms with van der Waals surface area (Å²) in [5, 5.41) is 12.1. The van der Waals surface area contributed by atoms with Crippen LogP contribution >= 0.6 is 22.6 Å². The minimum Gasteiger partial charge on any atom is -0.411 e. The number of hydrogen-bond donors (Lipinski definition) is 1. The van der Waals surface area contributed by atoms with E-state index < -0.39 is 0 Å². The Labute approximate surface area is 90.8 Å². The smallest absolute Gasteiger partial charge is 0.0870 e. The molecule has 0 radical (unpaired) electrons. The van der Waals surface area contributed by atoms with E-state index in [4.69, 9.17) is 5.21 Å². The topological polar surface area (TPSA) is 32.6 Å². The van der Waals surface area contributed by atoms with Gasteiger partial charge in [0.2, 0.25) is 0 Å². The van der Waals surface area contributed by atoms with E-state index in [1.54, 1.807) is 0 Å². The first kappa shape index (κ1) is 8.99. The molecule has 0 unspecified atom stereocenters. The summed E-state index contributed by atoms with van der Waals surface area (Å²) in [6.45, 7) is 0. The van der Waals surface area contributed by atoms with Crippen molar-refractivity contribution >= 4 is 28.3 Å². The lowest BCUT2D eigenvalue weighted by atomic mass is 9.90. The number of hydrogen-bond acceptors (Lipinski definition) is 2. The van der Waals surface area contributed by atoms with Crippen molar-refractivity contribution in [3.05, 3.63) is 32.9 Å². The highest BCUT2D eigenvalue weighted by Crippen LogP contribution is 2.23. The van der Waals surface area contributed by atoms with Crippen molar-refractivity contribution in [1.82, 2.24) is 0 Å². The highest BCUT2D eigenvalue weighted by atomic mass is 127. The molecule has 0 saturated heterocycles. The standard InChI is InChI=1S/C10H10INO/c11-8-4-5-9-7(6-8)2-1-3-10(9)12-13/h4-6,13H,1-3H2. The largest absolute Gasteiger partial charge is 0.411 e. The summed E-state index contributed by atoms with van der Waals surface area (Å²) >= 11 is 2.30. The lowest BCUT2D eigenvalue weighted by molar-refractivity contribution is 0.317. The summed E-state index contributed by atoms with van der Waals surface area (Å²) in [5.74, 6) is 0. The summed E-state index contributed by atoms with van der Waals surface area (Å²) in [4.78, 5) is 0. The van der Waals surface area contributed by atoms with Gasteiger partial charge in [0.15, 0.2) is 0 Å². The van der Waals surface area contributed by atoms with Crippen molar-refractivity contribution in [2.24, 2.45) is 5.16 Å². The highest BCUT2D eigenvalue weighted by molar-refractivity contribution is 14.1. The SMILES string of the molecule is ON=C1CCCc2cc(I)ccc21. The summed E-state index contributed by atoms with van der Waals surface area (Å²) < 4.78 is 1.25. The summed E-state index contributed by atoms with van der Waals surface area (Å²) in [7, 11) is 0. The Morgan fingerprint density at radius 3 is 2.92 bits per heavy atom. The van der Waals surface area contributed by atoms with Gasteiger partial charge >= 0.3 is 0 Å². The van der Waals surface area contributed by atoms with Gasteiger partial charge in [-0.1, -0.05) is 11.2 Å². The van der Waals surface area contributed by atoms with Crippen molar-refractivity contribution in [2.45, 2.75) is 19.3 Å². The van der Waals surface area contributed by atoms with Crippen LogP contribution in [0.5, 0.6) is 0 Å². The maximum atomic E-state index is 8.79. The fraction of sp³-hybridized carbons (Fsp3) is 0.300. The van der Waals surface area contributed by atoms with Crippen LogP contribution in [-0.2, 0) is 6.42 Å². The van der Waals surface area contributed by atoms with E-state index in [-0.39, 0.29) is 0 Å². The molecule has 0 atom stereocenters. The van der Waals surface area contributed by atoms with Crippen LogP contribution < -0.4 is 0 Å². The number of halogens is 1. The maximum Gasteiger partial charge on any atom is 0.0870 e. The number of benzene rings is 1.